The highest BCUT2D eigenvalue weighted by molar-refractivity contribution is 5.95. The number of hydrogen-bond acceptors (Lipinski definition) is 5. The van der Waals surface area contributed by atoms with E-state index in [0.29, 0.717) is 28.2 Å². The van der Waals surface area contributed by atoms with Crippen molar-refractivity contribution in [3.05, 3.63) is 53.1 Å². The fourth-order valence-electron chi connectivity index (χ4n) is 1.80. The lowest BCUT2D eigenvalue weighted by Crippen LogP contribution is -2.11. The molecule has 2 aromatic rings. The molecule has 0 aromatic heterocycles. The Kier molecular flexibility index (Phi) is 3.74. The van der Waals surface area contributed by atoms with Crippen LogP contribution in [-0.2, 0) is 0 Å². The van der Waals surface area contributed by atoms with Crippen LogP contribution >= 0.6 is 0 Å². The van der Waals surface area contributed by atoms with Gasteiger partial charge in [0.05, 0.1) is 22.5 Å². The number of carbonyl (C=O) groups excluding carboxylic acids is 1. The van der Waals surface area contributed by atoms with Gasteiger partial charge in [0.25, 0.3) is 0 Å². The number of benzene rings is 2. The summed E-state index contributed by atoms with van der Waals surface area (Å²) in [5.41, 5.74) is 13.5. The minimum Gasteiger partial charge on any atom is -0.397 e. The Hall–Kier alpha value is -3.51. The molecule has 1 amide bonds. The lowest BCUT2D eigenvalue weighted by molar-refractivity contribution is 0.100. The smallest absolute Gasteiger partial charge is 0.248 e. The molecular weight excluding hydrogens is 266 g/mol. The summed E-state index contributed by atoms with van der Waals surface area (Å²) in [5, 5.41) is 20.9. The fourth-order valence-corrected chi connectivity index (χ4v) is 1.80. The Balaban J connectivity index is 2.33. The highest BCUT2D eigenvalue weighted by Crippen LogP contribution is 2.25. The average molecular weight is 277 g/mol. The van der Waals surface area contributed by atoms with Crippen LogP contribution in [0.5, 0.6) is 0 Å². The van der Waals surface area contributed by atoms with Gasteiger partial charge in [0.15, 0.2) is 0 Å². The van der Waals surface area contributed by atoms with Gasteiger partial charge in [0.1, 0.15) is 12.1 Å². The second kappa shape index (κ2) is 5.64. The number of nitrogens with one attached hydrogen (secondary N) is 1. The van der Waals surface area contributed by atoms with E-state index in [1.807, 2.05) is 12.1 Å². The third-order valence-corrected chi connectivity index (χ3v) is 2.88. The molecular formula is C15H11N5O. The maximum atomic E-state index is 11.1. The lowest BCUT2D eigenvalue weighted by atomic mass is 10.1. The van der Waals surface area contributed by atoms with E-state index in [1.165, 1.54) is 6.07 Å². The van der Waals surface area contributed by atoms with Crippen LogP contribution in [-0.4, -0.2) is 5.91 Å². The van der Waals surface area contributed by atoms with E-state index in [9.17, 15) is 4.79 Å². The van der Waals surface area contributed by atoms with Crippen molar-refractivity contribution in [2.75, 3.05) is 11.1 Å². The van der Waals surface area contributed by atoms with Gasteiger partial charge in [0, 0.05) is 11.3 Å². The first-order chi connectivity index (χ1) is 10.0. The summed E-state index contributed by atoms with van der Waals surface area (Å²) >= 11 is 0. The number of hydrogen-bond donors (Lipinski definition) is 3. The van der Waals surface area contributed by atoms with Crippen LogP contribution in [0.2, 0.25) is 0 Å². The van der Waals surface area contributed by atoms with Gasteiger partial charge in [-0.2, -0.15) is 10.5 Å². The van der Waals surface area contributed by atoms with Crippen molar-refractivity contribution >= 4 is 23.0 Å². The molecule has 0 aliphatic rings. The first-order valence-electron chi connectivity index (χ1n) is 5.95. The topological polar surface area (TPSA) is 129 Å². The largest absolute Gasteiger partial charge is 0.397 e. The number of nitrogens with zero attached hydrogens (tertiary/aromatic N) is 2. The zero-order chi connectivity index (χ0) is 15.4. The second-order valence-corrected chi connectivity index (χ2v) is 4.28. The summed E-state index contributed by atoms with van der Waals surface area (Å²) in [6.07, 6.45) is 0. The normalized spacial score (nSPS) is 9.43. The quantitative estimate of drug-likeness (QED) is 0.737. The summed E-state index contributed by atoms with van der Waals surface area (Å²) in [5.74, 6) is -0.557. The Bertz CT molecular complexity index is 799. The SMILES string of the molecule is N#Cc1ccc(Nc2ccc(C(N)=O)cc2N)cc1C#N. The van der Waals surface area contributed by atoms with Crippen LogP contribution in [0.3, 0.4) is 0 Å². The highest BCUT2D eigenvalue weighted by atomic mass is 16.1. The van der Waals surface area contributed by atoms with Crippen LogP contribution in [0.15, 0.2) is 36.4 Å². The minimum atomic E-state index is -0.557. The number of amides is 1. The minimum absolute atomic E-state index is 0.273. The van der Waals surface area contributed by atoms with E-state index in [2.05, 4.69) is 5.32 Å². The van der Waals surface area contributed by atoms with Crippen molar-refractivity contribution in [1.82, 2.24) is 0 Å². The summed E-state index contributed by atoms with van der Waals surface area (Å²) in [4.78, 5) is 11.1. The number of primary amides is 1. The van der Waals surface area contributed by atoms with Crippen molar-refractivity contribution in [3.8, 4) is 12.1 Å². The summed E-state index contributed by atoms with van der Waals surface area (Å²) in [7, 11) is 0. The molecule has 0 heterocycles. The molecule has 21 heavy (non-hydrogen) atoms. The molecule has 0 fully saturated rings. The van der Waals surface area contributed by atoms with Gasteiger partial charge in [-0.3, -0.25) is 4.79 Å². The van der Waals surface area contributed by atoms with Crippen LogP contribution in [0.4, 0.5) is 17.1 Å². The van der Waals surface area contributed by atoms with Crippen LogP contribution in [0.1, 0.15) is 21.5 Å². The fraction of sp³-hybridized carbons (Fsp3) is 0. The molecule has 0 unspecified atom stereocenters. The highest BCUT2D eigenvalue weighted by Gasteiger charge is 2.07. The van der Waals surface area contributed by atoms with Gasteiger partial charge in [-0.05, 0) is 36.4 Å². The molecule has 2 rings (SSSR count). The van der Waals surface area contributed by atoms with Gasteiger partial charge in [-0.25, -0.2) is 0 Å². The van der Waals surface area contributed by atoms with Crippen molar-refractivity contribution in [2.45, 2.75) is 0 Å². The van der Waals surface area contributed by atoms with Gasteiger partial charge in [-0.1, -0.05) is 0 Å². The van der Waals surface area contributed by atoms with Crippen molar-refractivity contribution < 1.29 is 4.79 Å². The summed E-state index contributed by atoms with van der Waals surface area (Å²) < 4.78 is 0. The van der Waals surface area contributed by atoms with Crippen LogP contribution < -0.4 is 16.8 Å². The number of nitriles is 2. The average Bonchev–Trinajstić information content (AvgIpc) is 2.48. The lowest BCUT2D eigenvalue weighted by Gasteiger charge is -2.10. The zero-order valence-electron chi connectivity index (χ0n) is 10.9. The Morgan fingerprint density at radius 1 is 1.05 bits per heavy atom. The van der Waals surface area contributed by atoms with E-state index in [1.54, 1.807) is 30.3 Å². The molecule has 0 spiro atoms. The van der Waals surface area contributed by atoms with Crippen molar-refractivity contribution in [1.29, 1.82) is 10.5 Å². The maximum Gasteiger partial charge on any atom is 0.248 e. The molecule has 0 radical (unpaired) electrons. The molecule has 2 aromatic carbocycles. The first kappa shape index (κ1) is 13.9. The number of nitrogen functional groups attached to an aromatic ring is 1. The van der Waals surface area contributed by atoms with E-state index in [4.69, 9.17) is 22.0 Å². The summed E-state index contributed by atoms with van der Waals surface area (Å²) in [6.45, 7) is 0. The monoisotopic (exact) mass is 277 g/mol. The van der Waals surface area contributed by atoms with E-state index in [-0.39, 0.29) is 5.56 Å². The standard InChI is InChI=1S/C15H11N5O/c16-7-10-1-3-12(5-11(10)8-17)20-14-4-2-9(15(19)21)6-13(14)18/h1-6,20H,18H2,(H2,19,21). The molecule has 0 atom stereocenters. The van der Waals surface area contributed by atoms with E-state index >= 15 is 0 Å². The maximum absolute atomic E-state index is 11.1. The van der Waals surface area contributed by atoms with Crippen molar-refractivity contribution in [3.63, 3.8) is 0 Å². The molecule has 6 heteroatoms. The number of carbonyl (C=O) groups is 1. The molecule has 6 nitrogen and oxygen atoms in total. The van der Waals surface area contributed by atoms with Gasteiger partial charge in [0.2, 0.25) is 5.91 Å². The molecule has 0 saturated heterocycles. The van der Waals surface area contributed by atoms with Crippen LogP contribution in [0.25, 0.3) is 0 Å². The Morgan fingerprint density at radius 2 is 1.76 bits per heavy atom. The second-order valence-electron chi connectivity index (χ2n) is 4.28. The van der Waals surface area contributed by atoms with Gasteiger partial charge in [-0.15, -0.1) is 0 Å². The Morgan fingerprint density at radius 3 is 2.33 bits per heavy atom. The summed E-state index contributed by atoms with van der Waals surface area (Å²) in [6, 6.07) is 13.3. The van der Waals surface area contributed by atoms with E-state index in [0.717, 1.165) is 0 Å². The predicted molar refractivity (Wildman–Crippen MR) is 78.5 cm³/mol. The third-order valence-electron chi connectivity index (χ3n) is 2.88. The third kappa shape index (κ3) is 2.91. The molecule has 0 aliphatic heterocycles. The Labute approximate surface area is 121 Å². The molecule has 0 saturated carbocycles. The number of rotatable bonds is 3. The van der Waals surface area contributed by atoms with Gasteiger partial charge >= 0.3 is 0 Å². The number of nitrogens with two attached hydrogens (primary N) is 2. The molecule has 0 bridgehead atoms. The molecule has 0 aliphatic carbocycles. The van der Waals surface area contributed by atoms with Crippen molar-refractivity contribution in [2.24, 2.45) is 5.73 Å². The zero-order valence-corrected chi connectivity index (χ0v) is 10.9. The van der Waals surface area contributed by atoms with Gasteiger partial charge < -0.3 is 16.8 Å². The number of anilines is 3. The van der Waals surface area contributed by atoms with Crippen LogP contribution in [0, 0.1) is 22.7 Å². The molecule has 102 valence electrons. The van der Waals surface area contributed by atoms with E-state index < -0.39 is 5.91 Å². The first-order valence-corrected chi connectivity index (χ1v) is 5.95. The predicted octanol–water partition coefficient (Wildman–Crippen LogP) is 1.85. The molecule has 5 N–H and O–H groups in total.